The van der Waals surface area contributed by atoms with Crippen molar-refractivity contribution >= 4 is 44.3 Å². The Balaban J connectivity index is 1.91. The van der Waals surface area contributed by atoms with E-state index < -0.39 is 40.6 Å². The van der Waals surface area contributed by atoms with Crippen molar-refractivity contribution < 1.29 is 37.0 Å². The Morgan fingerprint density at radius 2 is 1.75 bits per heavy atom. The third kappa shape index (κ3) is 4.61. The number of hydrogen-bond donors (Lipinski definition) is 1. The Morgan fingerprint density at radius 3 is 2.34 bits per heavy atom. The summed E-state index contributed by atoms with van der Waals surface area (Å²) in [6.07, 6.45) is 1.15. The van der Waals surface area contributed by atoms with E-state index in [9.17, 15) is 22.8 Å². The minimum Gasteiger partial charge on any atom is -0.465 e. The number of rotatable bonds is 6. The summed E-state index contributed by atoms with van der Waals surface area (Å²) < 4.78 is 40.6. The van der Waals surface area contributed by atoms with Crippen molar-refractivity contribution in [3.63, 3.8) is 0 Å². The van der Waals surface area contributed by atoms with Crippen LogP contribution in [0.1, 0.15) is 36.7 Å². The van der Waals surface area contributed by atoms with Crippen LogP contribution in [0.15, 0.2) is 24.3 Å². The summed E-state index contributed by atoms with van der Waals surface area (Å²) in [5.41, 5.74) is 7.45. The molecule has 12 heteroatoms. The van der Waals surface area contributed by atoms with Crippen LogP contribution in [0.2, 0.25) is 0 Å². The van der Waals surface area contributed by atoms with E-state index in [2.05, 4.69) is 0 Å². The molecular formula is C20H22N2O8S2. The molecule has 0 spiro atoms. The van der Waals surface area contributed by atoms with Gasteiger partial charge in [-0.2, -0.15) is 4.31 Å². The summed E-state index contributed by atoms with van der Waals surface area (Å²) >= 11 is 0.805. The second-order valence-electron chi connectivity index (χ2n) is 7.04. The van der Waals surface area contributed by atoms with Gasteiger partial charge >= 0.3 is 17.9 Å². The first kappa shape index (κ1) is 23.7. The predicted octanol–water partition coefficient (Wildman–Crippen LogP) is 1.33. The van der Waals surface area contributed by atoms with Gasteiger partial charge < -0.3 is 19.9 Å². The van der Waals surface area contributed by atoms with E-state index in [1.807, 2.05) is 6.07 Å². The molecule has 0 amide bonds. The highest BCUT2D eigenvalue weighted by atomic mass is 32.2. The molecule has 10 nitrogen and oxygen atoms in total. The van der Waals surface area contributed by atoms with E-state index in [0.29, 0.717) is 0 Å². The molecule has 2 N–H and O–H groups in total. The standard InChI is InChI=1S/C20H22N2O8S2/c1-28-19(24)15-13(16(20(25)29-2)31-17(15)21)10-30-18(23)14-8-11-6-4-5-7-12(11)9-22(14)32(3,26)27/h4-7,14H,8-10,21H2,1-3H3/t14-/m0/s1. The lowest BCUT2D eigenvalue weighted by molar-refractivity contribution is -0.150. The van der Waals surface area contributed by atoms with Crippen LogP contribution >= 0.6 is 11.3 Å². The largest absolute Gasteiger partial charge is 0.465 e. The average molecular weight is 483 g/mol. The Bertz CT molecular complexity index is 1170. The van der Waals surface area contributed by atoms with Crippen molar-refractivity contribution in [2.45, 2.75) is 25.6 Å². The number of thiophene rings is 1. The fourth-order valence-corrected chi connectivity index (χ4v) is 5.47. The number of nitrogens with zero attached hydrogens (tertiary/aromatic N) is 1. The molecule has 0 radical (unpaired) electrons. The van der Waals surface area contributed by atoms with E-state index in [1.165, 1.54) is 0 Å². The first-order chi connectivity index (χ1) is 15.1. The summed E-state index contributed by atoms with van der Waals surface area (Å²) in [6.45, 7) is -0.460. The lowest BCUT2D eigenvalue weighted by Gasteiger charge is -2.33. The van der Waals surface area contributed by atoms with Gasteiger partial charge in [0.25, 0.3) is 0 Å². The number of nitrogen functional groups attached to an aromatic ring is 1. The van der Waals surface area contributed by atoms with Crippen LogP contribution in [0.3, 0.4) is 0 Å². The number of anilines is 1. The molecule has 2 heterocycles. The van der Waals surface area contributed by atoms with Crippen LogP contribution in [0.5, 0.6) is 0 Å². The van der Waals surface area contributed by atoms with Gasteiger partial charge in [-0.05, 0) is 11.1 Å². The number of benzene rings is 1. The van der Waals surface area contributed by atoms with Gasteiger partial charge in [0.05, 0.1) is 20.5 Å². The van der Waals surface area contributed by atoms with Crippen LogP contribution in [0, 0.1) is 0 Å². The minimum absolute atomic E-state index is 0.00709. The molecule has 1 aliphatic heterocycles. The second-order valence-corrected chi connectivity index (χ2v) is 10.0. The fourth-order valence-electron chi connectivity index (χ4n) is 3.49. The summed E-state index contributed by atoms with van der Waals surface area (Å²) in [4.78, 5) is 37.3. The summed E-state index contributed by atoms with van der Waals surface area (Å²) in [5, 5.41) is 0.00709. The zero-order chi connectivity index (χ0) is 23.6. The number of ether oxygens (including phenoxy) is 3. The van der Waals surface area contributed by atoms with Crippen LogP contribution in [-0.4, -0.2) is 57.1 Å². The maximum Gasteiger partial charge on any atom is 0.348 e. The maximum atomic E-state index is 13.0. The van der Waals surface area contributed by atoms with E-state index in [0.717, 1.165) is 47.2 Å². The Labute approximate surface area is 188 Å². The fraction of sp³-hybridized carbons (Fsp3) is 0.350. The summed E-state index contributed by atoms with van der Waals surface area (Å²) in [7, 11) is -1.42. The van der Waals surface area contributed by atoms with Gasteiger partial charge in [0, 0.05) is 18.5 Å². The molecule has 0 unspecified atom stereocenters. The zero-order valence-electron chi connectivity index (χ0n) is 17.6. The molecule has 172 valence electrons. The van der Waals surface area contributed by atoms with Gasteiger partial charge in [-0.1, -0.05) is 24.3 Å². The van der Waals surface area contributed by atoms with Gasteiger partial charge in [-0.25, -0.2) is 18.0 Å². The molecule has 2 aromatic rings. The van der Waals surface area contributed by atoms with Crippen LogP contribution in [0.25, 0.3) is 0 Å². The maximum absolute atomic E-state index is 13.0. The normalized spacial score (nSPS) is 16.2. The highest BCUT2D eigenvalue weighted by Crippen LogP contribution is 2.33. The lowest BCUT2D eigenvalue weighted by Crippen LogP contribution is -2.48. The number of nitrogens with two attached hydrogens (primary N) is 1. The van der Waals surface area contributed by atoms with Gasteiger partial charge in [0.15, 0.2) is 0 Å². The number of hydrogen-bond acceptors (Lipinski definition) is 10. The molecule has 0 saturated carbocycles. The number of carbonyl (C=O) groups excluding carboxylic acids is 3. The monoisotopic (exact) mass is 482 g/mol. The number of esters is 3. The average Bonchev–Trinajstić information content (AvgIpc) is 3.10. The molecule has 0 bridgehead atoms. The molecule has 1 aliphatic rings. The first-order valence-electron chi connectivity index (χ1n) is 9.36. The van der Waals surface area contributed by atoms with Gasteiger partial charge in [-0.15, -0.1) is 11.3 Å². The molecule has 0 saturated heterocycles. The third-order valence-electron chi connectivity index (χ3n) is 5.06. The Hall–Kier alpha value is -2.96. The zero-order valence-corrected chi connectivity index (χ0v) is 19.2. The number of methoxy groups -OCH3 is 2. The van der Waals surface area contributed by atoms with Crippen molar-refractivity contribution in [1.29, 1.82) is 0 Å². The van der Waals surface area contributed by atoms with Crippen LogP contribution in [0.4, 0.5) is 5.00 Å². The molecule has 1 aromatic heterocycles. The highest BCUT2D eigenvalue weighted by molar-refractivity contribution is 7.88. The predicted molar refractivity (Wildman–Crippen MR) is 116 cm³/mol. The number of fused-ring (bicyclic) bond motifs is 1. The van der Waals surface area contributed by atoms with Gasteiger partial charge in [-0.3, -0.25) is 4.79 Å². The van der Waals surface area contributed by atoms with Crippen molar-refractivity contribution in [3.8, 4) is 0 Å². The van der Waals surface area contributed by atoms with E-state index in [-0.39, 0.29) is 34.0 Å². The van der Waals surface area contributed by atoms with Crippen molar-refractivity contribution in [1.82, 2.24) is 4.31 Å². The summed E-state index contributed by atoms with van der Waals surface area (Å²) in [5.74, 6) is -2.38. The second kappa shape index (κ2) is 9.27. The van der Waals surface area contributed by atoms with Crippen molar-refractivity contribution in [2.75, 3.05) is 26.2 Å². The number of sulfonamides is 1. The topological polar surface area (TPSA) is 142 Å². The molecule has 0 fully saturated rings. The quantitative estimate of drug-likeness (QED) is 0.476. The SMILES string of the molecule is COC(=O)c1sc(N)c(C(=O)OC)c1COC(=O)[C@@H]1Cc2ccccc2CN1S(C)(=O)=O. The molecule has 1 atom stereocenters. The molecule has 3 rings (SSSR count). The van der Waals surface area contributed by atoms with Crippen LogP contribution < -0.4 is 5.73 Å². The number of carbonyl (C=O) groups is 3. The Morgan fingerprint density at radius 1 is 1.12 bits per heavy atom. The van der Waals surface area contributed by atoms with Crippen LogP contribution in [-0.2, 0) is 48.6 Å². The van der Waals surface area contributed by atoms with Crippen molar-refractivity contribution in [2.24, 2.45) is 0 Å². The summed E-state index contributed by atoms with van der Waals surface area (Å²) in [6, 6.07) is 6.12. The van der Waals surface area contributed by atoms with Gasteiger partial charge in [0.1, 0.15) is 28.1 Å². The molecular weight excluding hydrogens is 460 g/mol. The van der Waals surface area contributed by atoms with E-state index in [4.69, 9.17) is 19.9 Å². The third-order valence-corrected chi connectivity index (χ3v) is 7.33. The molecule has 32 heavy (non-hydrogen) atoms. The molecule has 0 aliphatic carbocycles. The van der Waals surface area contributed by atoms with E-state index >= 15 is 0 Å². The van der Waals surface area contributed by atoms with E-state index in [1.54, 1.807) is 18.2 Å². The highest BCUT2D eigenvalue weighted by Gasteiger charge is 2.38. The smallest absolute Gasteiger partial charge is 0.348 e. The Kier molecular flexibility index (Phi) is 6.86. The molecule has 1 aromatic carbocycles. The minimum atomic E-state index is -3.73. The first-order valence-corrected chi connectivity index (χ1v) is 12.0. The van der Waals surface area contributed by atoms with Gasteiger partial charge in [0.2, 0.25) is 10.0 Å². The van der Waals surface area contributed by atoms with Crippen molar-refractivity contribution in [3.05, 3.63) is 51.4 Å². The lowest BCUT2D eigenvalue weighted by atomic mass is 9.96.